The van der Waals surface area contributed by atoms with E-state index >= 15 is 0 Å². The SMILES string of the molecule is Cc1ccc(F)cc1C(=O)Nc1ccc(N)c(Br)c1. The summed E-state index contributed by atoms with van der Waals surface area (Å²) in [5.41, 5.74) is 7.87. The van der Waals surface area contributed by atoms with Crippen molar-refractivity contribution in [3.8, 4) is 0 Å². The van der Waals surface area contributed by atoms with Gasteiger partial charge in [0.15, 0.2) is 0 Å². The first-order valence-electron chi connectivity index (χ1n) is 5.60. The predicted molar refractivity (Wildman–Crippen MR) is 77.6 cm³/mol. The fourth-order valence-corrected chi connectivity index (χ4v) is 2.02. The predicted octanol–water partition coefficient (Wildman–Crippen LogP) is 3.73. The van der Waals surface area contributed by atoms with E-state index in [4.69, 9.17) is 5.73 Å². The molecule has 0 bridgehead atoms. The highest BCUT2D eigenvalue weighted by Gasteiger charge is 2.11. The van der Waals surface area contributed by atoms with Gasteiger partial charge in [-0.3, -0.25) is 4.79 Å². The lowest BCUT2D eigenvalue weighted by atomic mass is 10.1. The van der Waals surface area contributed by atoms with Crippen molar-refractivity contribution in [1.29, 1.82) is 0 Å². The highest BCUT2D eigenvalue weighted by molar-refractivity contribution is 9.10. The van der Waals surface area contributed by atoms with Gasteiger partial charge in [-0.25, -0.2) is 4.39 Å². The van der Waals surface area contributed by atoms with Crippen LogP contribution in [-0.4, -0.2) is 5.91 Å². The number of hydrogen-bond donors (Lipinski definition) is 2. The van der Waals surface area contributed by atoms with Crippen molar-refractivity contribution < 1.29 is 9.18 Å². The zero-order chi connectivity index (χ0) is 14.0. The molecule has 0 unspecified atom stereocenters. The number of aryl methyl sites for hydroxylation is 1. The van der Waals surface area contributed by atoms with E-state index in [2.05, 4.69) is 21.2 Å². The van der Waals surface area contributed by atoms with Crippen LogP contribution in [0.25, 0.3) is 0 Å². The highest BCUT2D eigenvalue weighted by atomic mass is 79.9. The Morgan fingerprint density at radius 2 is 2.00 bits per heavy atom. The molecule has 0 saturated carbocycles. The van der Waals surface area contributed by atoms with Crippen molar-refractivity contribution in [2.24, 2.45) is 0 Å². The Labute approximate surface area is 118 Å². The van der Waals surface area contributed by atoms with E-state index in [1.54, 1.807) is 31.2 Å². The Morgan fingerprint density at radius 1 is 1.26 bits per heavy atom. The summed E-state index contributed by atoms with van der Waals surface area (Å²) in [6.07, 6.45) is 0. The van der Waals surface area contributed by atoms with Crippen LogP contribution in [0.4, 0.5) is 15.8 Å². The second-order valence-corrected chi connectivity index (χ2v) is 5.00. The van der Waals surface area contributed by atoms with E-state index < -0.39 is 5.82 Å². The molecule has 5 heteroatoms. The topological polar surface area (TPSA) is 55.1 Å². The zero-order valence-electron chi connectivity index (χ0n) is 10.2. The van der Waals surface area contributed by atoms with Crippen molar-refractivity contribution in [2.75, 3.05) is 11.1 Å². The van der Waals surface area contributed by atoms with Crippen LogP contribution in [0.2, 0.25) is 0 Å². The number of amides is 1. The van der Waals surface area contributed by atoms with Gasteiger partial charge in [0.1, 0.15) is 5.82 Å². The van der Waals surface area contributed by atoms with Crippen LogP contribution in [0.1, 0.15) is 15.9 Å². The quantitative estimate of drug-likeness (QED) is 0.828. The van der Waals surface area contributed by atoms with Crippen LogP contribution < -0.4 is 11.1 Å². The van der Waals surface area contributed by atoms with E-state index in [1.807, 2.05) is 0 Å². The molecule has 98 valence electrons. The summed E-state index contributed by atoms with van der Waals surface area (Å²) in [5.74, 6) is -0.789. The van der Waals surface area contributed by atoms with E-state index in [0.717, 1.165) is 0 Å². The molecule has 2 aromatic rings. The number of nitrogen functional groups attached to an aromatic ring is 1. The lowest BCUT2D eigenvalue weighted by Gasteiger charge is -2.09. The summed E-state index contributed by atoms with van der Waals surface area (Å²) in [7, 11) is 0. The Bertz CT molecular complexity index is 643. The number of carbonyl (C=O) groups excluding carboxylic acids is 1. The summed E-state index contributed by atoms with van der Waals surface area (Å²) in [4.78, 5) is 12.1. The zero-order valence-corrected chi connectivity index (χ0v) is 11.8. The van der Waals surface area contributed by atoms with Crippen LogP contribution in [-0.2, 0) is 0 Å². The highest BCUT2D eigenvalue weighted by Crippen LogP contribution is 2.23. The maximum atomic E-state index is 13.2. The molecular weight excluding hydrogens is 311 g/mol. The lowest BCUT2D eigenvalue weighted by molar-refractivity contribution is 0.102. The molecular formula is C14H12BrFN2O. The van der Waals surface area contributed by atoms with Gasteiger partial charge in [0.05, 0.1) is 0 Å². The number of halogens is 2. The Hall–Kier alpha value is -1.88. The standard InChI is InChI=1S/C14H12BrFN2O/c1-8-2-3-9(16)6-11(8)14(19)18-10-4-5-13(17)12(15)7-10/h2-7H,17H2,1H3,(H,18,19). The molecule has 0 saturated heterocycles. The number of nitrogens with two attached hydrogens (primary N) is 1. The Morgan fingerprint density at radius 3 is 2.68 bits per heavy atom. The minimum Gasteiger partial charge on any atom is -0.398 e. The van der Waals surface area contributed by atoms with Crippen molar-refractivity contribution in [1.82, 2.24) is 0 Å². The summed E-state index contributed by atoms with van der Waals surface area (Å²) in [5, 5.41) is 2.70. The molecule has 0 radical (unpaired) electrons. The molecule has 3 N–H and O–H groups in total. The second-order valence-electron chi connectivity index (χ2n) is 4.15. The van der Waals surface area contributed by atoms with Gasteiger partial charge in [0.2, 0.25) is 0 Å². The van der Waals surface area contributed by atoms with E-state index in [9.17, 15) is 9.18 Å². The molecule has 0 atom stereocenters. The van der Waals surface area contributed by atoms with Gasteiger partial charge in [0, 0.05) is 21.4 Å². The molecule has 0 aromatic heterocycles. The third kappa shape index (κ3) is 3.12. The monoisotopic (exact) mass is 322 g/mol. The number of carbonyl (C=O) groups is 1. The average molecular weight is 323 g/mol. The van der Waals surface area contributed by atoms with Crippen LogP contribution in [0.3, 0.4) is 0 Å². The van der Waals surface area contributed by atoms with E-state index in [1.165, 1.54) is 12.1 Å². The average Bonchev–Trinajstić information content (AvgIpc) is 2.36. The first kappa shape index (κ1) is 13.5. The number of benzene rings is 2. The van der Waals surface area contributed by atoms with Crippen molar-refractivity contribution in [3.63, 3.8) is 0 Å². The number of anilines is 2. The maximum Gasteiger partial charge on any atom is 0.256 e. The Balaban J connectivity index is 2.25. The third-order valence-corrected chi connectivity index (χ3v) is 3.39. The summed E-state index contributed by atoms with van der Waals surface area (Å²) >= 11 is 3.28. The fourth-order valence-electron chi connectivity index (χ4n) is 1.64. The minimum atomic E-state index is -0.436. The van der Waals surface area contributed by atoms with Crippen molar-refractivity contribution >= 4 is 33.2 Å². The fraction of sp³-hybridized carbons (Fsp3) is 0.0714. The lowest BCUT2D eigenvalue weighted by Crippen LogP contribution is -2.13. The summed E-state index contributed by atoms with van der Waals surface area (Å²) < 4.78 is 13.9. The molecule has 0 aliphatic rings. The minimum absolute atomic E-state index is 0.313. The van der Waals surface area contributed by atoms with Crippen LogP contribution in [0, 0.1) is 12.7 Å². The molecule has 0 fully saturated rings. The first-order chi connectivity index (χ1) is 8.97. The van der Waals surface area contributed by atoms with Gasteiger partial charge >= 0.3 is 0 Å². The van der Waals surface area contributed by atoms with Crippen LogP contribution >= 0.6 is 15.9 Å². The van der Waals surface area contributed by atoms with Crippen molar-refractivity contribution in [2.45, 2.75) is 6.92 Å². The largest absolute Gasteiger partial charge is 0.398 e. The van der Waals surface area contributed by atoms with Gasteiger partial charge in [-0.1, -0.05) is 6.07 Å². The van der Waals surface area contributed by atoms with E-state index in [-0.39, 0.29) is 5.91 Å². The second kappa shape index (κ2) is 5.40. The molecule has 1 amide bonds. The molecule has 0 aliphatic heterocycles. The van der Waals surface area contributed by atoms with Gasteiger partial charge < -0.3 is 11.1 Å². The molecule has 19 heavy (non-hydrogen) atoms. The molecule has 2 aromatic carbocycles. The van der Waals surface area contributed by atoms with Crippen molar-refractivity contribution in [3.05, 3.63) is 57.8 Å². The third-order valence-electron chi connectivity index (χ3n) is 2.70. The van der Waals surface area contributed by atoms with Crippen LogP contribution in [0.15, 0.2) is 40.9 Å². The van der Waals surface area contributed by atoms with Crippen LogP contribution in [0.5, 0.6) is 0 Å². The smallest absolute Gasteiger partial charge is 0.256 e. The molecule has 0 heterocycles. The molecule has 0 aliphatic carbocycles. The van der Waals surface area contributed by atoms with Gasteiger partial charge in [-0.2, -0.15) is 0 Å². The maximum absolute atomic E-state index is 13.2. The van der Waals surface area contributed by atoms with Gasteiger partial charge in [0.25, 0.3) is 5.91 Å². The van der Waals surface area contributed by atoms with Gasteiger partial charge in [-0.05, 0) is 58.7 Å². The van der Waals surface area contributed by atoms with E-state index in [0.29, 0.717) is 27.0 Å². The molecule has 0 spiro atoms. The molecule has 2 rings (SSSR count). The number of hydrogen-bond acceptors (Lipinski definition) is 2. The summed E-state index contributed by atoms with van der Waals surface area (Å²) in [6, 6.07) is 9.18. The normalized spacial score (nSPS) is 10.3. The Kier molecular flexibility index (Phi) is 3.85. The molecule has 3 nitrogen and oxygen atoms in total. The first-order valence-corrected chi connectivity index (χ1v) is 6.39. The summed E-state index contributed by atoms with van der Waals surface area (Å²) in [6.45, 7) is 1.76. The number of nitrogens with one attached hydrogen (secondary N) is 1. The number of rotatable bonds is 2. The van der Waals surface area contributed by atoms with Gasteiger partial charge in [-0.15, -0.1) is 0 Å².